The van der Waals surface area contributed by atoms with E-state index in [0.717, 1.165) is 0 Å². The van der Waals surface area contributed by atoms with E-state index < -0.39 is 0 Å². The van der Waals surface area contributed by atoms with Gasteiger partial charge in [0, 0.05) is 18.0 Å². The Morgan fingerprint density at radius 1 is 1.25 bits per heavy atom. The molecular weight excluding hydrogens is 206 g/mol. The van der Waals surface area contributed by atoms with Crippen LogP contribution in [0.15, 0.2) is 0 Å². The molecule has 0 heterocycles. The van der Waals surface area contributed by atoms with Gasteiger partial charge in [0.05, 0.1) is 6.54 Å². The number of nitrogens with two attached hydrogens (primary N) is 1. The molecule has 5 heteroatoms. The van der Waals surface area contributed by atoms with Crippen molar-refractivity contribution in [3.63, 3.8) is 0 Å². The molecule has 0 rings (SSSR count). The molecule has 0 aromatic heterocycles. The summed E-state index contributed by atoms with van der Waals surface area (Å²) in [5.41, 5.74) is 5.25. The van der Waals surface area contributed by atoms with Crippen molar-refractivity contribution in [2.45, 2.75) is 52.1 Å². The molecule has 5 nitrogen and oxygen atoms in total. The van der Waals surface area contributed by atoms with Crippen LogP contribution in [0.25, 0.3) is 0 Å². The van der Waals surface area contributed by atoms with E-state index in [2.05, 4.69) is 10.6 Å². The third-order valence-electron chi connectivity index (χ3n) is 1.79. The lowest BCUT2D eigenvalue weighted by Crippen LogP contribution is -2.45. The summed E-state index contributed by atoms with van der Waals surface area (Å²) in [4.78, 5) is 22.6. The molecule has 0 saturated carbocycles. The van der Waals surface area contributed by atoms with E-state index in [1.165, 1.54) is 0 Å². The maximum absolute atomic E-state index is 11.4. The van der Waals surface area contributed by atoms with Crippen LogP contribution in [0.3, 0.4) is 0 Å². The Hall–Kier alpha value is -1.10. The minimum Gasteiger partial charge on any atom is -0.350 e. The van der Waals surface area contributed by atoms with Crippen LogP contribution in [-0.2, 0) is 9.59 Å². The number of carbonyl (C=O) groups is 2. The summed E-state index contributed by atoms with van der Waals surface area (Å²) in [5.74, 6) is -0.317. The van der Waals surface area contributed by atoms with Gasteiger partial charge in [0.1, 0.15) is 0 Å². The zero-order valence-corrected chi connectivity index (χ0v) is 10.6. The Bertz CT molecular complexity index is 244. The van der Waals surface area contributed by atoms with Crippen LogP contribution in [0.4, 0.5) is 0 Å². The molecule has 2 amide bonds. The van der Waals surface area contributed by atoms with Gasteiger partial charge in [0.2, 0.25) is 11.8 Å². The average Bonchev–Trinajstić information content (AvgIpc) is 2.08. The van der Waals surface area contributed by atoms with Gasteiger partial charge in [0.25, 0.3) is 0 Å². The summed E-state index contributed by atoms with van der Waals surface area (Å²) in [6.45, 7) is 7.54. The van der Waals surface area contributed by atoms with Crippen LogP contribution >= 0.6 is 0 Å². The highest BCUT2D eigenvalue weighted by atomic mass is 16.2. The average molecular weight is 229 g/mol. The smallest absolute Gasteiger partial charge is 0.239 e. The lowest BCUT2D eigenvalue weighted by Gasteiger charge is -2.20. The Kier molecular flexibility index (Phi) is 6.03. The van der Waals surface area contributed by atoms with Crippen LogP contribution in [0.1, 0.15) is 40.5 Å². The van der Waals surface area contributed by atoms with Crippen molar-refractivity contribution < 1.29 is 9.59 Å². The minimum atomic E-state index is -0.270. The second kappa shape index (κ2) is 6.48. The fraction of sp³-hybridized carbons (Fsp3) is 0.818. The van der Waals surface area contributed by atoms with Gasteiger partial charge in [-0.3, -0.25) is 9.59 Å². The number of carbonyl (C=O) groups excluding carboxylic acids is 2. The SMILES string of the molecule is CC(N)CCC(=O)NCC(=O)NC(C)(C)C. The van der Waals surface area contributed by atoms with Gasteiger partial charge in [-0.15, -0.1) is 0 Å². The molecule has 1 unspecified atom stereocenters. The molecule has 1 atom stereocenters. The predicted molar refractivity (Wildman–Crippen MR) is 63.8 cm³/mol. The van der Waals surface area contributed by atoms with Crippen molar-refractivity contribution in [2.75, 3.05) is 6.54 Å². The number of hydrogen-bond acceptors (Lipinski definition) is 3. The number of rotatable bonds is 5. The zero-order chi connectivity index (χ0) is 12.8. The predicted octanol–water partition coefficient (Wildman–Crippen LogP) is 0.145. The summed E-state index contributed by atoms with van der Waals surface area (Å²) < 4.78 is 0. The Balaban J connectivity index is 3.72. The van der Waals surface area contributed by atoms with Crippen molar-refractivity contribution >= 4 is 11.8 Å². The third-order valence-corrected chi connectivity index (χ3v) is 1.79. The Morgan fingerprint density at radius 2 is 1.81 bits per heavy atom. The lowest BCUT2D eigenvalue weighted by molar-refractivity contribution is -0.126. The van der Waals surface area contributed by atoms with Crippen LogP contribution in [0.2, 0.25) is 0 Å². The molecule has 0 aromatic rings. The highest BCUT2D eigenvalue weighted by Crippen LogP contribution is 1.97. The van der Waals surface area contributed by atoms with Crippen molar-refractivity contribution in [1.82, 2.24) is 10.6 Å². The van der Waals surface area contributed by atoms with Gasteiger partial charge < -0.3 is 16.4 Å². The summed E-state index contributed by atoms with van der Waals surface area (Å²) in [6, 6.07) is 0.00847. The molecule has 0 aliphatic heterocycles. The second-order valence-electron chi connectivity index (χ2n) is 5.09. The van der Waals surface area contributed by atoms with E-state index in [4.69, 9.17) is 5.73 Å². The molecule has 0 aliphatic rings. The maximum atomic E-state index is 11.4. The van der Waals surface area contributed by atoms with Crippen LogP contribution < -0.4 is 16.4 Å². The van der Waals surface area contributed by atoms with Crippen molar-refractivity contribution in [1.29, 1.82) is 0 Å². The first kappa shape index (κ1) is 14.9. The Morgan fingerprint density at radius 3 is 2.25 bits per heavy atom. The molecule has 0 aliphatic carbocycles. The van der Waals surface area contributed by atoms with E-state index in [1.807, 2.05) is 27.7 Å². The number of nitrogens with one attached hydrogen (secondary N) is 2. The van der Waals surface area contributed by atoms with E-state index in [1.54, 1.807) is 0 Å². The third kappa shape index (κ3) is 9.45. The first-order valence-electron chi connectivity index (χ1n) is 5.54. The second-order valence-corrected chi connectivity index (χ2v) is 5.09. The van der Waals surface area contributed by atoms with Gasteiger partial charge >= 0.3 is 0 Å². The van der Waals surface area contributed by atoms with Crippen LogP contribution in [0.5, 0.6) is 0 Å². The van der Waals surface area contributed by atoms with Gasteiger partial charge in [-0.1, -0.05) is 0 Å². The van der Waals surface area contributed by atoms with Crippen molar-refractivity contribution in [3.05, 3.63) is 0 Å². The van der Waals surface area contributed by atoms with E-state index in [-0.39, 0.29) is 29.9 Å². The van der Waals surface area contributed by atoms with E-state index in [9.17, 15) is 9.59 Å². The van der Waals surface area contributed by atoms with Gasteiger partial charge in [0.15, 0.2) is 0 Å². The summed E-state index contributed by atoms with van der Waals surface area (Å²) in [7, 11) is 0. The topological polar surface area (TPSA) is 84.2 Å². The zero-order valence-electron chi connectivity index (χ0n) is 10.6. The fourth-order valence-electron chi connectivity index (χ4n) is 1.09. The first-order valence-corrected chi connectivity index (χ1v) is 5.54. The molecule has 94 valence electrons. The van der Waals surface area contributed by atoms with Crippen LogP contribution in [-0.4, -0.2) is 29.9 Å². The van der Waals surface area contributed by atoms with Gasteiger partial charge in [-0.25, -0.2) is 0 Å². The standard InChI is InChI=1S/C11H23N3O2/c1-8(12)5-6-9(15)13-7-10(16)14-11(2,3)4/h8H,5-7,12H2,1-4H3,(H,13,15)(H,14,16). The quantitative estimate of drug-likeness (QED) is 0.627. The highest BCUT2D eigenvalue weighted by molar-refractivity contribution is 5.84. The van der Waals surface area contributed by atoms with Gasteiger partial charge in [-0.2, -0.15) is 0 Å². The largest absolute Gasteiger partial charge is 0.350 e. The maximum Gasteiger partial charge on any atom is 0.239 e. The normalized spacial score (nSPS) is 13.1. The molecule has 0 fully saturated rings. The minimum absolute atomic E-state index is 0.00847. The summed E-state index contributed by atoms with van der Waals surface area (Å²) in [6.07, 6.45) is 0.993. The monoisotopic (exact) mass is 229 g/mol. The summed E-state index contributed by atoms with van der Waals surface area (Å²) >= 11 is 0. The molecule has 0 spiro atoms. The lowest BCUT2D eigenvalue weighted by atomic mass is 10.1. The van der Waals surface area contributed by atoms with Crippen molar-refractivity contribution in [3.8, 4) is 0 Å². The van der Waals surface area contributed by atoms with Crippen LogP contribution in [0, 0.1) is 0 Å². The number of amides is 2. The van der Waals surface area contributed by atoms with Gasteiger partial charge in [-0.05, 0) is 34.1 Å². The first-order chi connectivity index (χ1) is 7.20. The van der Waals surface area contributed by atoms with Crippen molar-refractivity contribution in [2.24, 2.45) is 5.73 Å². The van der Waals surface area contributed by atoms with E-state index in [0.29, 0.717) is 12.8 Å². The summed E-state index contributed by atoms with van der Waals surface area (Å²) in [5, 5.41) is 5.31. The molecule has 0 saturated heterocycles. The molecule has 0 aromatic carbocycles. The Labute approximate surface area is 97.2 Å². The molecule has 0 bridgehead atoms. The van der Waals surface area contributed by atoms with E-state index >= 15 is 0 Å². The molecule has 0 radical (unpaired) electrons. The molecule has 16 heavy (non-hydrogen) atoms. The fourth-order valence-corrected chi connectivity index (χ4v) is 1.09. The highest BCUT2D eigenvalue weighted by Gasteiger charge is 2.14. The number of hydrogen-bond donors (Lipinski definition) is 3. The molecular formula is C11H23N3O2. The molecule has 4 N–H and O–H groups in total.